The minimum atomic E-state index is 0.536. The van der Waals surface area contributed by atoms with Gasteiger partial charge in [-0.15, -0.1) is 5.12 Å². The highest BCUT2D eigenvalue weighted by Crippen LogP contribution is 2.24. The van der Waals surface area contributed by atoms with Crippen LogP contribution in [0.1, 0.15) is 5.56 Å². The largest absolute Gasteiger partial charge is 0.279 e. The number of rotatable bonds is 2. The first kappa shape index (κ1) is 11.7. The van der Waals surface area contributed by atoms with Gasteiger partial charge in [-0.25, -0.2) is 0 Å². The average molecular weight is 253 g/mol. The van der Waals surface area contributed by atoms with Crippen LogP contribution in [0.4, 0.5) is 5.69 Å². The SMILES string of the molecule is C[N+]1(C)C(c2ccccc2)=NNN1c1ccccc1. The molecule has 96 valence electrons. The lowest BCUT2D eigenvalue weighted by molar-refractivity contribution is -0.806. The molecule has 0 spiro atoms. The van der Waals surface area contributed by atoms with Gasteiger partial charge in [0.05, 0.1) is 19.7 Å². The fourth-order valence-corrected chi connectivity index (χ4v) is 2.31. The molecule has 0 amide bonds. The van der Waals surface area contributed by atoms with E-state index in [0.717, 1.165) is 17.1 Å². The van der Waals surface area contributed by atoms with Crippen LogP contribution in [-0.2, 0) is 0 Å². The predicted octanol–water partition coefficient (Wildman–Crippen LogP) is 2.36. The molecule has 4 heteroatoms. The number of hydrazone groups is 1. The molecule has 0 atom stereocenters. The number of nitrogens with one attached hydrogen (secondary N) is 1. The molecule has 0 fully saturated rings. The van der Waals surface area contributed by atoms with Crippen molar-refractivity contribution in [2.75, 3.05) is 19.2 Å². The van der Waals surface area contributed by atoms with Gasteiger partial charge >= 0.3 is 0 Å². The number of benzene rings is 2. The summed E-state index contributed by atoms with van der Waals surface area (Å²) < 4.78 is 0.536. The third-order valence-electron chi connectivity index (χ3n) is 3.30. The smallest absolute Gasteiger partial charge is 0.168 e. The van der Waals surface area contributed by atoms with Crippen molar-refractivity contribution in [2.45, 2.75) is 0 Å². The average Bonchev–Trinajstić information content (AvgIpc) is 2.76. The van der Waals surface area contributed by atoms with Crippen molar-refractivity contribution in [2.24, 2.45) is 5.10 Å². The third-order valence-corrected chi connectivity index (χ3v) is 3.30. The number of amidine groups is 1. The summed E-state index contributed by atoms with van der Waals surface area (Å²) in [7, 11) is 4.22. The number of quaternary nitrogens is 1. The second-order valence-electron chi connectivity index (χ2n) is 4.94. The summed E-state index contributed by atoms with van der Waals surface area (Å²) in [4.78, 5) is 0. The van der Waals surface area contributed by atoms with E-state index in [1.165, 1.54) is 0 Å². The van der Waals surface area contributed by atoms with Crippen molar-refractivity contribution in [3.05, 3.63) is 66.2 Å². The maximum atomic E-state index is 4.48. The zero-order valence-corrected chi connectivity index (χ0v) is 11.1. The fraction of sp³-hybridized carbons (Fsp3) is 0.133. The van der Waals surface area contributed by atoms with Crippen molar-refractivity contribution < 1.29 is 4.59 Å². The second kappa shape index (κ2) is 4.40. The molecule has 0 saturated heterocycles. The first-order chi connectivity index (χ1) is 9.19. The summed E-state index contributed by atoms with van der Waals surface area (Å²) >= 11 is 0. The Morgan fingerprint density at radius 2 is 1.47 bits per heavy atom. The van der Waals surface area contributed by atoms with E-state index in [4.69, 9.17) is 0 Å². The Balaban J connectivity index is 1.96. The Hall–Kier alpha value is -2.33. The lowest BCUT2D eigenvalue weighted by Gasteiger charge is -2.32. The topological polar surface area (TPSA) is 27.6 Å². The lowest BCUT2D eigenvalue weighted by Crippen LogP contribution is -2.57. The molecule has 0 aliphatic carbocycles. The number of hydrogen-bond acceptors (Lipinski definition) is 3. The third kappa shape index (κ3) is 1.96. The van der Waals surface area contributed by atoms with Crippen molar-refractivity contribution in [1.82, 2.24) is 5.53 Å². The predicted molar refractivity (Wildman–Crippen MR) is 77.1 cm³/mol. The molecule has 0 unspecified atom stereocenters. The Labute approximate surface area is 113 Å². The van der Waals surface area contributed by atoms with E-state index >= 15 is 0 Å². The molecule has 1 aliphatic rings. The Morgan fingerprint density at radius 3 is 2.11 bits per heavy atom. The highest BCUT2D eigenvalue weighted by atomic mass is 16.0. The minimum absolute atomic E-state index is 0.536. The van der Waals surface area contributed by atoms with Gasteiger partial charge in [-0.3, -0.25) is 0 Å². The molecule has 2 aromatic rings. The summed E-state index contributed by atoms with van der Waals surface area (Å²) in [5, 5.41) is 6.51. The molecule has 1 aliphatic heterocycles. The quantitative estimate of drug-likeness (QED) is 0.832. The Morgan fingerprint density at radius 1 is 0.895 bits per heavy atom. The molecular weight excluding hydrogens is 236 g/mol. The van der Waals surface area contributed by atoms with Gasteiger partial charge in [0.25, 0.3) is 5.84 Å². The molecule has 3 rings (SSSR count). The highest BCUT2D eigenvalue weighted by Gasteiger charge is 2.39. The van der Waals surface area contributed by atoms with Crippen LogP contribution in [0.5, 0.6) is 0 Å². The maximum absolute atomic E-state index is 4.48. The van der Waals surface area contributed by atoms with Gasteiger partial charge in [0.15, 0.2) is 0 Å². The molecule has 1 heterocycles. The van der Waals surface area contributed by atoms with Gasteiger partial charge in [-0.2, -0.15) is 10.1 Å². The molecule has 19 heavy (non-hydrogen) atoms. The number of anilines is 1. The zero-order valence-electron chi connectivity index (χ0n) is 11.1. The van der Waals surface area contributed by atoms with Crippen LogP contribution in [0.3, 0.4) is 0 Å². The van der Waals surface area contributed by atoms with E-state index in [0.29, 0.717) is 4.59 Å². The standard InChI is InChI=1S/C15H17N4/c1-19(2)15(13-9-5-3-6-10-13)16-17-18(19)14-11-7-4-8-12-14/h3-12,17H,1-2H3/q+1. The molecule has 1 N–H and O–H groups in total. The summed E-state index contributed by atoms with van der Waals surface area (Å²) in [5.41, 5.74) is 5.31. The zero-order chi connectivity index (χ0) is 13.3. The Kier molecular flexibility index (Phi) is 2.72. The maximum Gasteiger partial charge on any atom is 0.279 e. The van der Waals surface area contributed by atoms with Crippen LogP contribution in [0.2, 0.25) is 0 Å². The van der Waals surface area contributed by atoms with Crippen molar-refractivity contribution >= 4 is 11.5 Å². The fourth-order valence-electron chi connectivity index (χ4n) is 2.31. The van der Waals surface area contributed by atoms with Crippen LogP contribution in [0.25, 0.3) is 0 Å². The molecule has 0 radical (unpaired) electrons. The normalized spacial score (nSPS) is 16.9. The number of nitrogens with zero attached hydrogens (tertiary/aromatic N) is 3. The Bertz CT molecular complexity index is 590. The summed E-state index contributed by atoms with van der Waals surface area (Å²) in [5.74, 6) is 0.990. The van der Waals surface area contributed by atoms with Gasteiger partial charge < -0.3 is 0 Å². The molecule has 0 saturated carbocycles. The molecular formula is C15H17N4+. The van der Waals surface area contributed by atoms with E-state index in [9.17, 15) is 0 Å². The van der Waals surface area contributed by atoms with Crippen LogP contribution >= 0.6 is 0 Å². The molecule has 0 aromatic heterocycles. The van der Waals surface area contributed by atoms with Crippen LogP contribution < -0.4 is 10.7 Å². The summed E-state index contributed by atoms with van der Waals surface area (Å²) in [6.45, 7) is 0. The highest BCUT2D eigenvalue weighted by molar-refractivity contribution is 5.94. The number of para-hydroxylation sites is 1. The molecule has 4 nitrogen and oxygen atoms in total. The molecule has 0 bridgehead atoms. The van der Waals surface area contributed by atoms with Gasteiger partial charge in [-0.05, 0) is 24.3 Å². The number of hydrogen-bond donors (Lipinski definition) is 1. The minimum Gasteiger partial charge on any atom is -0.168 e. The summed E-state index contributed by atoms with van der Waals surface area (Å²) in [6, 6.07) is 20.4. The van der Waals surface area contributed by atoms with Gasteiger partial charge in [0.1, 0.15) is 5.69 Å². The van der Waals surface area contributed by atoms with Crippen molar-refractivity contribution in [3.8, 4) is 0 Å². The monoisotopic (exact) mass is 253 g/mol. The van der Waals surface area contributed by atoms with Crippen LogP contribution in [0.15, 0.2) is 65.8 Å². The molecule has 2 aromatic carbocycles. The lowest BCUT2D eigenvalue weighted by atomic mass is 10.2. The number of hydrazine groups is 1. The van der Waals surface area contributed by atoms with Gasteiger partial charge in [-0.1, -0.05) is 41.5 Å². The van der Waals surface area contributed by atoms with E-state index in [1.807, 2.05) is 41.5 Å². The van der Waals surface area contributed by atoms with E-state index in [2.05, 4.69) is 49.0 Å². The van der Waals surface area contributed by atoms with Crippen molar-refractivity contribution in [1.29, 1.82) is 0 Å². The first-order valence-electron chi connectivity index (χ1n) is 6.28. The van der Waals surface area contributed by atoms with Gasteiger partial charge in [0.2, 0.25) is 0 Å². The first-order valence-corrected chi connectivity index (χ1v) is 6.28. The van der Waals surface area contributed by atoms with Gasteiger partial charge in [0, 0.05) is 0 Å². The van der Waals surface area contributed by atoms with E-state index < -0.39 is 0 Å². The van der Waals surface area contributed by atoms with E-state index in [1.54, 1.807) is 0 Å². The van der Waals surface area contributed by atoms with Crippen LogP contribution in [-0.4, -0.2) is 24.5 Å². The summed E-state index contributed by atoms with van der Waals surface area (Å²) in [6.07, 6.45) is 0. The second-order valence-corrected chi connectivity index (χ2v) is 4.94. The van der Waals surface area contributed by atoms with E-state index in [-0.39, 0.29) is 0 Å². The van der Waals surface area contributed by atoms with Crippen LogP contribution in [0, 0.1) is 0 Å². The van der Waals surface area contributed by atoms with Crippen molar-refractivity contribution in [3.63, 3.8) is 0 Å².